The smallest absolute Gasteiger partial charge is 0.320 e. The maximum Gasteiger partial charge on any atom is 0.320 e. The maximum atomic E-state index is 11.2. The lowest BCUT2D eigenvalue weighted by molar-refractivity contribution is -0.140. The number of fused-ring (bicyclic) bond motifs is 1. The molecule has 1 heterocycles. The standard InChI is InChI=1S/C16H18N2O2/c1-10-2-4-13-8-11(3-7-14(13)18-10)9-17-15(16(19)20)12-5-6-12/h2-4,7-8,12,15,17H,5-6,9H2,1H3,(H,19,20). The summed E-state index contributed by atoms with van der Waals surface area (Å²) in [6.07, 6.45) is 2.04. The Morgan fingerprint density at radius 1 is 1.40 bits per heavy atom. The molecule has 1 atom stereocenters. The normalized spacial score (nSPS) is 16.2. The van der Waals surface area contributed by atoms with E-state index in [0.717, 1.165) is 35.0 Å². The van der Waals surface area contributed by atoms with Gasteiger partial charge in [-0.3, -0.25) is 9.78 Å². The number of hydrogen-bond acceptors (Lipinski definition) is 3. The molecule has 3 rings (SSSR count). The summed E-state index contributed by atoms with van der Waals surface area (Å²) in [5.41, 5.74) is 3.07. The molecule has 1 saturated carbocycles. The summed E-state index contributed by atoms with van der Waals surface area (Å²) in [6, 6.07) is 9.70. The summed E-state index contributed by atoms with van der Waals surface area (Å²) in [5, 5.41) is 13.4. The van der Waals surface area contributed by atoms with Crippen molar-refractivity contribution in [3.05, 3.63) is 41.6 Å². The van der Waals surface area contributed by atoms with Crippen molar-refractivity contribution in [2.75, 3.05) is 0 Å². The molecular weight excluding hydrogens is 252 g/mol. The molecule has 0 saturated heterocycles. The summed E-state index contributed by atoms with van der Waals surface area (Å²) < 4.78 is 0. The van der Waals surface area contributed by atoms with Crippen LogP contribution in [-0.4, -0.2) is 22.1 Å². The highest BCUT2D eigenvalue weighted by Crippen LogP contribution is 2.32. The first kappa shape index (κ1) is 13.1. The van der Waals surface area contributed by atoms with Crippen molar-refractivity contribution in [1.82, 2.24) is 10.3 Å². The zero-order valence-corrected chi connectivity index (χ0v) is 11.5. The molecule has 1 aliphatic carbocycles. The third-order valence-electron chi connectivity index (χ3n) is 3.78. The number of aliphatic carboxylic acids is 1. The lowest BCUT2D eigenvalue weighted by Gasteiger charge is -2.13. The first-order valence-electron chi connectivity index (χ1n) is 6.96. The molecule has 1 aromatic heterocycles. The Labute approximate surface area is 117 Å². The summed E-state index contributed by atoms with van der Waals surface area (Å²) in [7, 11) is 0. The molecule has 0 spiro atoms. The second kappa shape index (κ2) is 5.21. The minimum atomic E-state index is -0.745. The fourth-order valence-corrected chi connectivity index (χ4v) is 2.50. The maximum absolute atomic E-state index is 11.2. The van der Waals surface area contributed by atoms with Crippen LogP contribution in [0.1, 0.15) is 24.1 Å². The minimum absolute atomic E-state index is 0.303. The Kier molecular flexibility index (Phi) is 3.40. The van der Waals surface area contributed by atoms with Gasteiger partial charge >= 0.3 is 5.97 Å². The highest BCUT2D eigenvalue weighted by molar-refractivity contribution is 5.79. The number of carboxylic acids is 1. The van der Waals surface area contributed by atoms with Gasteiger partial charge in [-0.1, -0.05) is 12.1 Å². The number of nitrogens with zero attached hydrogens (tertiary/aromatic N) is 1. The summed E-state index contributed by atoms with van der Waals surface area (Å²) in [5.74, 6) is -0.442. The van der Waals surface area contributed by atoms with Gasteiger partial charge < -0.3 is 10.4 Å². The van der Waals surface area contributed by atoms with E-state index < -0.39 is 12.0 Å². The Hall–Kier alpha value is -1.94. The van der Waals surface area contributed by atoms with Gasteiger partial charge in [-0.05, 0) is 49.4 Å². The average molecular weight is 270 g/mol. The van der Waals surface area contributed by atoms with Crippen LogP contribution >= 0.6 is 0 Å². The van der Waals surface area contributed by atoms with Gasteiger partial charge in [0.15, 0.2) is 0 Å². The number of carbonyl (C=O) groups is 1. The molecule has 0 radical (unpaired) electrons. The van der Waals surface area contributed by atoms with Crippen molar-refractivity contribution in [3.63, 3.8) is 0 Å². The largest absolute Gasteiger partial charge is 0.480 e. The van der Waals surface area contributed by atoms with E-state index >= 15 is 0 Å². The van der Waals surface area contributed by atoms with Crippen molar-refractivity contribution in [2.24, 2.45) is 5.92 Å². The van der Waals surface area contributed by atoms with Gasteiger partial charge in [0.1, 0.15) is 6.04 Å². The van der Waals surface area contributed by atoms with Crippen LogP contribution in [0.2, 0.25) is 0 Å². The van der Waals surface area contributed by atoms with E-state index in [9.17, 15) is 9.90 Å². The van der Waals surface area contributed by atoms with Crippen LogP contribution in [0.4, 0.5) is 0 Å². The molecule has 20 heavy (non-hydrogen) atoms. The number of aromatic nitrogens is 1. The van der Waals surface area contributed by atoms with Gasteiger partial charge in [0.2, 0.25) is 0 Å². The van der Waals surface area contributed by atoms with Crippen LogP contribution in [-0.2, 0) is 11.3 Å². The third-order valence-corrected chi connectivity index (χ3v) is 3.78. The lowest BCUT2D eigenvalue weighted by atomic mass is 10.1. The van der Waals surface area contributed by atoms with Crippen LogP contribution in [0, 0.1) is 12.8 Å². The Morgan fingerprint density at radius 3 is 2.90 bits per heavy atom. The second-order valence-electron chi connectivity index (χ2n) is 5.51. The topological polar surface area (TPSA) is 62.2 Å². The van der Waals surface area contributed by atoms with E-state index in [1.165, 1.54) is 0 Å². The summed E-state index contributed by atoms with van der Waals surface area (Å²) >= 11 is 0. The molecule has 1 unspecified atom stereocenters. The van der Waals surface area contributed by atoms with Crippen molar-refractivity contribution < 1.29 is 9.90 Å². The van der Waals surface area contributed by atoms with Gasteiger partial charge in [0.25, 0.3) is 0 Å². The number of pyridine rings is 1. The predicted octanol–water partition coefficient (Wildman–Crippen LogP) is 2.50. The van der Waals surface area contributed by atoms with Gasteiger partial charge in [0, 0.05) is 17.6 Å². The molecule has 4 heteroatoms. The zero-order valence-electron chi connectivity index (χ0n) is 11.5. The number of aryl methyl sites for hydroxylation is 1. The monoisotopic (exact) mass is 270 g/mol. The van der Waals surface area contributed by atoms with E-state index in [-0.39, 0.29) is 0 Å². The quantitative estimate of drug-likeness (QED) is 0.876. The van der Waals surface area contributed by atoms with E-state index in [1.807, 2.05) is 25.1 Å². The highest BCUT2D eigenvalue weighted by atomic mass is 16.4. The molecule has 0 bridgehead atoms. The van der Waals surface area contributed by atoms with Crippen LogP contribution in [0.3, 0.4) is 0 Å². The van der Waals surface area contributed by atoms with Gasteiger partial charge in [-0.2, -0.15) is 0 Å². The number of benzene rings is 1. The summed E-state index contributed by atoms with van der Waals surface area (Å²) in [6.45, 7) is 2.55. The molecule has 0 aliphatic heterocycles. The Bertz CT molecular complexity index is 650. The lowest BCUT2D eigenvalue weighted by Crippen LogP contribution is -2.38. The molecule has 2 N–H and O–H groups in total. The predicted molar refractivity (Wildman–Crippen MR) is 77.5 cm³/mol. The number of hydrogen-bond donors (Lipinski definition) is 2. The van der Waals surface area contributed by atoms with Crippen molar-refractivity contribution in [2.45, 2.75) is 32.4 Å². The van der Waals surface area contributed by atoms with E-state index in [1.54, 1.807) is 0 Å². The van der Waals surface area contributed by atoms with Crippen LogP contribution in [0.15, 0.2) is 30.3 Å². The highest BCUT2D eigenvalue weighted by Gasteiger charge is 2.35. The van der Waals surface area contributed by atoms with Crippen molar-refractivity contribution in [3.8, 4) is 0 Å². The van der Waals surface area contributed by atoms with Crippen molar-refractivity contribution in [1.29, 1.82) is 0 Å². The first-order chi connectivity index (χ1) is 9.63. The first-order valence-corrected chi connectivity index (χ1v) is 6.96. The molecular formula is C16H18N2O2. The minimum Gasteiger partial charge on any atom is -0.480 e. The fraction of sp³-hybridized carbons (Fsp3) is 0.375. The Morgan fingerprint density at radius 2 is 2.20 bits per heavy atom. The van der Waals surface area contributed by atoms with Crippen LogP contribution in [0.25, 0.3) is 10.9 Å². The van der Waals surface area contributed by atoms with Crippen molar-refractivity contribution >= 4 is 16.9 Å². The van der Waals surface area contributed by atoms with E-state index in [2.05, 4.69) is 22.4 Å². The third kappa shape index (κ3) is 2.80. The molecule has 0 amide bonds. The van der Waals surface area contributed by atoms with E-state index in [0.29, 0.717) is 12.5 Å². The number of nitrogens with one attached hydrogen (secondary N) is 1. The fourth-order valence-electron chi connectivity index (χ4n) is 2.50. The molecule has 1 aromatic carbocycles. The molecule has 2 aromatic rings. The van der Waals surface area contributed by atoms with Gasteiger partial charge in [-0.25, -0.2) is 0 Å². The number of rotatable bonds is 5. The van der Waals surface area contributed by atoms with Crippen LogP contribution in [0.5, 0.6) is 0 Å². The molecule has 1 fully saturated rings. The van der Waals surface area contributed by atoms with Crippen LogP contribution < -0.4 is 5.32 Å². The Balaban J connectivity index is 1.74. The second-order valence-corrected chi connectivity index (χ2v) is 5.51. The SMILES string of the molecule is Cc1ccc2cc(CNC(C(=O)O)C3CC3)ccc2n1. The molecule has 4 nitrogen and oxygen atoms in total. The van der Waals surface area contributed by atoms with E-state index in [4.69, 9.17) is 0 Å². The van der Waals surface area contributed by atoms with Gasteiger partial charge in [-0.15, -0.1) is 0 Å². The number of carboxylic acid groups (broad SMARTS) is 1. The molecule has 104 valence electrons. The summed E-state index contributed by atoms with van der Waals surface area (Å²) in [4.78, 5) is 15.6. The average Bonchev–Trinajstić information content (AvgIpc) is 3.23. The zero-order chi connectivity index (χ0) is 14.1. The van der Waals surface area contributed by atoms with Gasteiger partial charge in [0.05, 0.1) is 5.52 Å². The molecule has 1 aliphatic rings.